The van der Waals surface area contributed by atoms with Crippen LogP contribution in [0.15, 0.2) is 23.2 Å². The monoisotopic (exact) mass is 275 g/mol. The van der Waals surface area contributed by atoms with Gasteiger partial charge in [-0.15, -0.1) is 0 Å². The van der Waals surface area contributed by atoms with E-state index in [2.05, 4.69) is 35.0 Å². The van der Waals surface area contributed by atoms with Gasteiger partial charge in [0.15, 0.2) is 5.96 Å². The maximum absolute atomic E-state index is 6.09. The number of aliphatic imine (C=N–C) groups is 1. The molecule has 1 aromatic rings. The van der Waals surface area contributed by atoms with Gasteiger partial charge in [-0.1, -0.05) is 12.1 Å². The van der Waals surface area contributed by atoms with Crippen LogP contribution >= 0.6 is 0 Å². The number of hydrogen-bond donors (Lipinski definition) is 1. The summed E-state index contributed by atoms with van der Waals surface area (Å²) in [5, 5.41) is 0. The molecule has 2 rings (SSSR count). The Morgan fingerprint density at radius 2 is 2.05 bits per heavy atom. The predicted octanol–water partition coefficient (Wildman–Crippen LogP) is 2.69. The average molecular weight is 275 g/mol. The highest BCUT2D eigenvalue weighted by Crippen LogP contribution is 2.21. The Balaban J connectivity index is 2.05. The minimum absolute atomic E-state index is 0.581. The standard InChI is InChI=1S/C16H25N3O/c1-3-20-15-11-13(2)7-8-14(15)12-18-16(17)19-9-5-4-6-10-19/h7-8,11H,3-6,9-10,12H2,1-2H3,(H2,17,18). The average Bonchev–Trinajstić information content (AvgIpc) is 2.47. The summed E-state index contributed by atoms with van der Waals surface area (Å²) in [5.41, 5.74) is 8.38. The Hall–Kier alpha value is -1.71. The second kappa shape index (κ2) is 7.17. The lowest BCUT2D eigenvalue weighted by atomic mass is 10.1. The van der Waals surface area contributed by atoms with E-state index in [9.17, 15) is 0 Å². The van der Waals surface area contributed by atoms with E-state index in [-0.39, 0.29) is 0 Å². The van der Waals surface area contributed by atoms with Crippen LogP contribution in [0.25, 0.3) is 0 Å². The lowest BCUT2D eigenvalue weighted by Crippen LogP contribution is -2.40. The Morgan fingerprint density at radius 1 is 1.30 bits per heavy atom. The van der Waals surface area contributed by atoms with Gasteiger partial charge in [-0.3, -0.25) is 0 Å². The highest BCUT2D eigenvalue weighted by molar-refractivity contribution is 5.78. The maximum Gasteiger partial charge on any atom is 0.191 e. The highest BCUT2D eigenvalue weighted by Gasteiger charge is 2.12. The number of nitrogens with zero attached hydrogens (tertiary/aromatic N) is 2. The van der Waals surface area contributed by atoms with Gasteiger partial charge in [0.2, 0.25) is 0 Å². The third-order valence-corrected chi connectivity index (χ3v) is 3.61. The van der Waals surface area contributed by atoms with Gasteiger partial charge in [-0.25, -0.2) is 4.99 Å². The quantitative estimate of drug-likeness (QED) is 0.679. The second-order valence-electron chi connectivity index (χ2n) is 5.27. The predicted molar refractivity (Wildman–Crippen MR) is 83.1 cm³/mol. The van der Waals surface area contributed by atoms with Crippen molar-refractivity contribution in [2.45, 2.75) is 39.7 Å². The second-order valence-corrected chi connectivity index (χ2v) is 5.27. The van der Waals surface area contributed by atoms with Crippen LogP contribution < -0.4 is 10.5 Å². The number of likely N-dealkylation sites (tertiary alicyclic amines) is 1. The first-order valence-corrected chi connectivity index (χ1v) is 7.48. The Morgan fingerprint density at radius 3 is 2.75 bits per heavy atom. The van der Waals surface area contributed by atoms with Gasteiger partial charge >= 0.3 is 0 Å². The van der Waals surface area contributed by atoms with E-state index in [1.54, 1.807) is 0 Å². The summed E-state index contributed by atoms with van der Waals surface area (Å²) in [6, 6.07) is 6.23. The van der Waals surface area contributed by atoms with Crippen molar-refractivity contribution in [3.05, 3.63) is 29.3 Å². The Kier molecular flexibility index (Phi) is 5.27. The Bertz CT molecular complexity index is 465. The fourth-order valence-electron chi connectivity index (χ4n) is 2.47. The van der Waals surface area contributed by atoms with Crippen molar-refractivity contribution in [1.29, 1.82) is 0 Å². The van der Waals surface area contributed by atoms with E-state index >= 15 is 0 Å². The lowest BCUT2D eigenvalue weighted by molar-refractivity contribution is 0.334. The molecule has 0 unspecified atom stereocenters. The molecular weight excluding hydrogens is 250 g/mol. The Labute approximate surface area is 121 Å². The first-order valence-electron chi connectivity index (χ1n) is 7.48. The van der Waals surface area contributed by atoms with Crippen LogP contribution in [0, 0.1) is 6.92 Å². The normalized spacial score (nSPS) is 16.3. The molecule has 0 atom stereocenters. The molecule has 110 valence electrons. The van der Waals surface area contributed by atoms with Gasteiger partial charge in [-0.2, -0.15) is 0 Å². The van der Waals surface area contributed by atoms with Crippen LogP contribution in [0.5, 0.6) is 5.75 Å². The molecule has 2 N–H and O–H groups in total. The van der Waals surface area contributed by atoms with E-state index in [1.807, 2.05) is 6.92 Å². The fraction of sp³-hybridized carbons (Fsp3) is 0.562. The lowest BCUT2D eigenvalue weighted by Gasteiger charge is -2.27. The SMILES string of the molecule is CCOc1cc(C)ccc1CN=C(N)N1CCCCC1. The van der Waals surface area contributed by atoms with Crippen molar-refractivity contribution in [3.8, 4) is 5.75 Å². The number of hydrogen-bond acceptors (Lipinski definition) is 2. The highest BCUT2D eigenvalue weighted by atomic mass is 16.5. The van der Waals surface area contributed by atoms with Crippen molar-refractivity contribution in [2.24, 2.45) is 10.7 Å². The number of nitrogens with two attached hydrogens (primary N) is 1. The van der Waals surface area contributed by atoms with Crippen LogP contribution in [-0.4, -0.2) is 30.6 Å². The van der Waals surface area contributed by atoms with Crippen molar-refractivity contribution in [3.63, 3.8) is 0 Å². The van der Waals surface area contributed by atoms with Crippen LogP contribution in [0.4, 0.5) is 0 Å². The zero-order valence-electron chi connectivity index (χ0n) is 12.6. The molecule has 0 spiro atoms. The molecule has 1 aromatic carbocycles. The summed E-state index contributed by atoms with van der Waals surface area (Å²) in [4.78, 5) is 6.71. The van der Waals surface area contributed by atoms with E-state index in [0.717, 1.165) is 24.4 Å². The number of piperidine rings is 1. The zero-order chi connectivity index (χ0) is 14.4. The summed E-state index contributed by atoms with van der Waals surface area (Å²) in [6.07, 6.45) is 3.73. The number of guanidine groups is 1. The number of aryl methyl sites for hydroxylation is 1. The van der Waals surface area contributed by atoms with Crippen LogP contribution in [0.1, 0.15) is 37.3 Å². The van der Waals surface area contributed by atoms with Gasteiger partial charge in [0.1, 0.15) is 5.75 Å². The molecule has 1 fully saturated rings. The topological polar surface area (TPSA) is 50.9 Å². The smallest absolute Gasteiger partial charge is 0.191 e. The minimum Gasteiger partial charge on any atom is -0.494 e. The van der Waals surface area contributed by atoms with Gasteiger partial charge < -0.3 is 15.4 Å². The van der Waals surface area contributed by atoms with Crippen LogP contribution in [0.3, 0.4) is 0 Å². The fourth-order valence-corrected chi connectivity index (χ4v) is 2.47. The molecule has 4 heteroatoms. The third-order valence-electron chi connectivity index (χ3n) is 3.61. The van der Waals surface area contributed by atoms with E-state index < -0.39 is 0 Å². The molecule has 0 bridgehead atoms. The maximum atomic E-state index is 6.09. The molecule has 0 amide bonds. The summed E-state index contributed by atoms with van der Waals surface area (Å²) < 4.78 is 5.67. The molecule has 1 heterocycles. The molecule has 20 heavy (non-hydrogen) atoms. The number of rotatable bonds is 4. The first kappa shape index (κ1) is 14.7. The van der Waals surface area contributed by atoms with Gasteiger partial charge in [0.05, 0.1) is 13.2 Å². The summed E-state index contributed by atoms with van der Waals surface area (Å²) >= 11 is 0. The molecule has 0 aromatic heterocycles. The molecule has 1 aliphatic heterocycles. The van der Waals surface area contributed by atoms with Crippen molar-refractivity contribution in [1.82, 2.24) is 4.90 Å². The van der Waals surface area contributed by atoms with E-state index in [1.165, 1.54) is 24.8 Å². The largest absolute Gasteiger partial charge is 0.494 e. The third kappa shape index (κ3) is 3.89. The number of benzene rings is 1. The molecule has 4 nitrogen and oxygen atoms in total. The van der Waals surface area contributed by atoms with Crippen LogP contribution in [-0.2, 0) is 6.54 Å². The molecule has 0 saturated carbocycles. The van der Waals surface area contributed by atoms with Crippen molar-refractivity contribution in [2.75, 3.05) is 19.7 Å². The number of ether oxygens (including phenoxy) is 1. The van der Waals surface area contributed by atoms with Gasteiger partial charge in [-0.05, 0) is 44.7 Å². The van der Waals surface area contributed by atoms with Gasteiger partial charge in [0, 0.05) is 18.7 Å². The van der Waals surface area contributed by atoms with Gasteiger partial charge in [0.25, 0.3) is 0 Å². The molecule has 1 aliphatic rings. The summed E-state index contributed by atoms with van der Waals surface area (Å²) in [6.45, 7) is 7.37. The van der Waals surface area contributed by atoms with Crippen LogP contribution in [0.2, 0.25) is 0 Å². The zero-order valence-corrected chi connectivity index (χ0v) is 12.6. The van der Waals surface area contributed by atoms with Crippen molar-refractivity contribution < 1.29 is 4.74 Å². The first-order chi connectivity index (χ1) is 9.70. The minimum atomic E-state index is 0.581. The van der Waals surface area contributed by atoms with E-state index in [0.29, 0.717) is 19.1 Å². The molecule has 0 radical (unpaired) electrons. The molecular formula is C16H25N3O. The summed E-state index contributed by atoms with van der Waals surface area (Å²) in [5.74, 6) is 1.58. The molecule has 1 saturated heterocycles. The van der Waals surface area contributed by atoms with Crippen molar-refractivity contribution >= 4 is 5.96 Å². The molecule has 0 aliphatic carbocycles. The van der Waals surface area contributed by atoms with E-state index in [4.69, 9.17) is 10.5 Å². The summed E-state index contributed by atoms with van der Waals surface area (Å²) in [7, 11) is 0.